The van der Waals surface area contributed by atoms with Crippen molar-refractivity contribution in [2.75, 3.05) is 35.3 Å². The lowest BCUT2D eigenvalue weighted by Gasteiger charge is -2.19. The molecule has 0 spiro atoms. The van der Waals surface area contributed by atoms with Crippen LogP contribution in [0.25, 0.3) is 5.57 Å². The topological polar surface area (TPSA) is 61.9 Å². The lowest BCUT2D eigenvalue weighted by Crippen LogP contribution is -2.32. The summed E-state index contributed by atoms with van der Waals surface area (Å²) >= 11 is 0. The number of rotatable bonds is 6. The molecular weight excluding hydrogens is 438 g/mol. The normalized spacial score (nSPS) is 15.9. The van der Waals surface area contributed by atoms with E-state index in [4.69, 9.17) is 4.74 Å². The van der Waals surface area contributed by atoms with Crippen LogP contribution in [0.4, 0.5) is 17.1 Å². The summed E-state index contributed by atoms with van der Waals surface area (Å²) in [5.74, 6) is -0.319. The quantitative estimate of drug-likeness (QED) is 0.498. The second-order valence-electron chi connectivity index (χ2n) is 9.03. The zero-order valence-electron chi connectivity index (χ0n) is 20.3. The zero-order valence-corrected chi connectivity index (χ0v) is 20.3. The van der Waals surface area contributed by atoms with E-state index in [0.717, 1.165) is 29.9 Å². The molecule has 0 bridgehead atoms. The molecule has 2 heterocycles. The first-order valence-electron chi connectivity index (χ1n) is 11.9. The van der Waals surface area contributed by atoms with Crippen LogP contribution in [-0.2, 0) is 9.59 Å². The smallest absolute Gasteiger partial charge is 0.282 e. The molecule has 2 amide bonds. The molecule has 2 aliphatic rings. The number of carbonyl (C=O) groups is 2. The maximum absolute atomic E-state index is 13.8. The Morgan fingerprint density at radius 2 is 1.54 bits per heavy atom. The number of amides is 2. The van der Waals surface area contributed by atoms with Gasteiger partial charge >= 0.3 is 0 Å². The summed E-state index contributed by atoms with van der Waals surface area (Å²) in [5.41, 5.74) is 5.85. The highest BCUT2D eigenvalue weighted by atomic mass is 16.5. The first-order valence-corrected chi connectivity index (χ1v) is 11.9. The predicted octanol–water partition coefficient (Wildman–Crippen LogP) is 5.31. The second-order valence-corrected chi connectivity index (χ2v) is 9.03. The Hall–Kier alpha value is -4.06. The minimum absolute atomic E-state index is 0.262. The SMILES string of the molecule is COc1ccccc1N1C(=O)C(Nc2ccc(N3CCCC3)cc2)=C(c2ccc(C)c(C)c2)C1=O. The van der Waals surface area contributed by atoms with E-state index in [2.05, 4.69) is 22.3 Å². The van der Waals surface area contributed by atoms with Gasteiger partial charge in [0.1, 0.15) is 11.4 Å². The van der Waals surface area contributed by atoms with Crippen molar-refractivity contribution in [3.8, 4) is 5.75 Å². The summed E-state index contributed by atoms with van der Waals surface area (Å²) in [6.07, 6.45) is 2.42. The van der Waals surface area contributed by atoms with Gasteiger partial charge in [0.05, 0.1) is 18.4 Å². The fourth-order valence-corrected chi connectivity index (χ4v) is 4.72. The Morgan fingerprint density at radius 3 is 2.23 bits per heavy atom. The first kappa shape index (κ1) is 22.7. The van der Waals surface area contributed by atoms with E-state index in [-0.39, 0.29) is 11.6 Å². The van der Waals surface area contributed by atoms with Crippen molar-refractivity contribution in [1.29, 1.82) is 0 Å². The lowest BCUT2D eigenvalue weighted by molar-refractivity contribution is -0.120. The number of para-hydroxylation sites is 2. The Kier molecular flexibility index (Phi) is 6.03. The highest BCUT2D eigenvalue weighted by Gasteiger charge is 2.41. The number of imide groups is 1. The summed E-state index contributed by atoms with van der Waals surface area (Å²) in [7, 11) is 1.53. The number of nitrogens with one attached hydrogen (secondary N) is 1. The van der Waals surface area contributed by atoms with E-state index in [9.17, 15) is 9.59 Å². The third-order valence-electron chi connectivity index (χ3n) is 6.81. The monoisotopic (exact) mass is 467 g/mol. The molecule has 3 aromatic rings. The molecular formula is C29H29N3O3. The number of methoxy groups -OCH3 is 1. The third kappa shape index (κ3) is 4.16. The Bertz CT molecular complexity index is 1320. The molecule has 1 N–H and O–H groups in total. The van der Waals surface area contributed by atoms with Gasteiger partial charge in [-0.25, -0.2) is 4.90 Å². The molecule has 0 aromatic heterocycles. The van der Waals surface area contributed by atoms with Crippen molar-refractivity contribution in [3.05, 3.63) is 89.1 Å². The number of hydrogen-bond acceptors (Lipinski definition) is 5. The molecule has 1 fully saturated rings. The Labute approximate surface area is 205 Å². The van der Waals surface area contributed by atoms with E-state index >= 15 is 0 Å². The standard InChI is InChI=1S/C29H29N3O3/c1-19-10-11-21(18-20(19)2)26-27(30-22-12-14-23(15-13-22)31-16-6-7-17-31)29(34)32(28(26)33)24-8-4-5-9-25(24)35-3/h4-5,8-15,18,30H,6-7,16-17H2,1-3H3. The van der Waals surface area contributed by atoms with Crippen LogP contribution < -0.4 is 19.9 Å². The van der Waals surface area contributed by atoms with Crippen LogP contribution in [0.3, 0.4) is 0 Å². The van der Waals surface area contributed by atoms with E-state index in [1.54, 1.807) is 18.2 Å². The van der Waals surface area contributed by atoms with Crippen molar-refractivity contribution >= 4 is 34.4 Å². The molecule has 0 saturated carbocycles. The van der Waals surface area contributed by atoms with Gasteiger partial charge in [-0.2, -0.15) is 0 Å². The van der Waals surface area contributed by atoms with E-state index < -0.39 is 5.91 Å². The maximum Gasteiger partial charge on any atom is 0.282 e. The fourth-order valence-electron chi connectivity index (χ4n) is 4.72. The van der Waals surface area contributed by atoms with Gasteiger partial charge in [0, 0.05) is 24.5 Å². The van der Waals surface area contributed by atoms with Gasteiger partial charge < -0.3 is 15.0 Å². The van der Waals surface area contributed by atoms with Crippen molar-refractivity contribution in [2.45, 2.75) is 26.7 Å². The first-order chi connectivity index (χ1) is 17.0. The molecule has 35 heavy (non-hydrogen) atoms. The van der Waals surface area contributed by atoms with E-state index in [1.165, 1.54) is 30.5 Å². The number of benzene rings is 3. The summed E-state index contributed by atoms with van der Waals surface area (Å²) in [6, 6.07) is 20.9. The van der Waals surface area contributed by atoms with Crippen LogP contribution in [0, 0.1) is 13.8 Å². The van der Waals surface area contributed by atoms with Crippen molar-refractivity contribution in [3.63, 3.8) is 0 Å². The molecule has 0 unspecified atom stereocenters. The summed E-state index contributed by atoms with van der Waals surface area (Å²) in [6.45, 7) is 6.16. The van der Waals surface area contributed by atoms with Crippen molar-refractivity contribution in [1.82, 2.24) is 0 Å². The second kappa shape index (κ2) is 9.29. The minimum Gasteiger partial charge on any atom is -0.495 e. The van der Waals surface area contributed by atoms with Crippen molar-refractivity contribution < 1.29 is 14.3 Å². The molecule has 2 aliphatic heterocycles. The molecule has 0 radical (unpaired) electrons. The van der Waals surface area contributed by atoms with Crippen LogP contribution in [0.2, 0.25) is 0 Å². The maximum atomic E-state index is 13.8. The molecule has 3 aromatic carbocycles. The summed E-state index contributed by atoms with van der Waals surface area (Å²) in [5, 5.41) is 3.27. The predicted molar refractivity (Wildman–Crippen MR) is 140 cm³/mol. The van der Waals surface area contributed by atoms with Crippen LogP contribution in [-0.4, -0.2) is 32.0 Å². The molecule has 0 atom stereocenters. The van der Waals surface area contributed by atoms with Gasteiger partial charge in [0.25, 0.3) is 11.8 Å². The number of carbonyl (C=O) groups excluding carboxylic acids is 2. The fraction of sp³-hybridized carbons (Fsp3) is 0.241. The molecule has 6 nitrogen and oxygen atoms in total. The third-order valence-corrected chi connectivity index (χ3v) is 6.81. The van der Waals surface area contributed by atoms with Gasteiger partial charge in [-0.1, -0.05) is 30.3 Å². The highest BCUT2D eigenvalue weighted by Crippen LogP contribution is 2.38. The average molecular weight is 468 g/mol. The summed E-state index contributed by atoms with van der Waals surface area (Å²) < 4.78 is 5.46. The number of aryl methyl sites for hydroxylation is 2. The van der Waals surface area contributed by atoms with Crippen LogP contribution in [0.1, 0.15) is 29.5 Å². The Balaban J connectivity index is 1.56. The van der Waals surface area contributed by atoms with Gasteiger partial charge in [-0.05, 0) is 79.8 Å². The number of anilines is 3. The lowest BCUT2D eigenvalue weighted by atomic mass is 9.99. The average Bonchev–Trinajstić information content (AvgIpc) is 3.49. The molecule has 0 aliphatic carbocycles. The van der Waals surface area contributed by atoms with Crippen LogP contribution in [0.15, 0.2) is 72.4 Å². The van der Waals surface area contributed by atoms with Gasteiger partial charge in [0.2, 0.25) is 0 Å². The number of hydrogen-bond donors (Lipinski definition) is 1. The number of nitrogens with zero attached hydrogens (tertiary/aromatic N) is 2. The van der Waals surface area contributed by atoms with E-state index in [1.807, 2.05) is 50.2 Å². The highest BCUT2D eigenvalue weighted by molar-refractivity contribution is 6.46. The van der Waals surface area contributed by atoms with Gasteiger partial charge in [-0.15, -0.1) is 0 Å². The zero-order chi connectivity index (χ0) is 24.5. The molecule has 1 saturated heterocycles. The molecule has 6 heteroatoms. The summed E-state index contributed by atoms with van der Waals surface area (Å²) in [4.78, 5) is 31.0. The van der Waals surface area contributed by atoms with Crippen LogP contribution in [0.5, 0.6) is 5.75 Å². The van der Waals surface area contributed by atoms with Gasteiger partial charge in [-0.3, -0.25) is 9.59 Å². The largest absolute Gasteiger partial charge is 0.495 e. The van der Waals surface area contributed by atoms with Crippen molar-refractivity contribution in [2.24, 2.45) is 0 Å². The van der Waals surface area contributed by atoms with Gasteiger partial charge in [0.15, 0.2) is 0 Å². The molecule has 178 valence electrons. The molecule has 5 rings (SSSR count). The minimum atomic E-state index is -0.406. The van der Waals surface area contributed by atoms with Crippen LogP contribution >= 0.6 is 0 Å². The Morgan fingerprint density at radius 1 is 0.829 bits per heavy atom. The number of ether oxygens (including phenoxy) is 1. The van der Waals surface area contributed by atoms with E-state index in [0.29, 0.717) is 22.6 Å².